The van der Waals surface area contributed by atoms with Gasteiger partial charge in [-0.25, -0.2) is 9.97 Å². The predicted octanol–water partition coefficient (Wildman–Crippen LogP) is 4.59. The number of ether oxygens (including phenoxy) is 3. The van der Waals surface area contributed by atoms with Gasteiger partial charge in [0.2, 0.25) is 0 Å². The van der Waals surface area contributed by atoms with Crippen molar-refractivity contribution >= 4 is 5.82 Å². The molecular weight excluding hydrogens is 354 g/mol. The lowest BCUT2D eigenvalue weighted by molar-refractivity contribution is 0.309. The molecule has 1 N–H and O–H groups in total. The zero-order chi connectivity index (χ0) is 20.4. The normalized spacial score (nSPS) is 10.6. The van der Waals surface area contributed by atoms with Gasteiger partial charge < -0.3 is 19.5 Å². The highest BCUT2D eigenvalue weighted by atomic mass is 16.5. The molecule has 1 aromatic carbocycles. The molecule has 0 amide bonds. The second-order valence-corrected chi connectivity index (χ2v) is 6.71. The van der Waals surface area contributed by atoms with Gasteiger partial charge in [-0.15, -0.1) is 0 Å². The summed E-state index contributed by atoms with van der Waals surface area (Å²) in [5.74, 6) is 3.84. The molecule has 0 fully saturated rings. The SMILES string of the molecule is CCCCNc1nc(C)ncc1OCCCc1cc(CC)c(OC)c(OC)c1. The lowest BCUT2D eigenvalue weighted by Gasteiger charge is -2.15. The van der Waals surface area contributed by atoms with E-state index in [2.05, 4.69) is 35.2 Å². The maximum absolute atomic E-state index is 5.96. The summed E-state index contributed by atoms with van der Waals surface area (Å²) in [6, 6.07) is 4.23. The highest BCUT2D eigenvalue weighted by molar-refractivity contribution is 5.50. The summed E-state index contributed by atoms with van der Waals surface area (Å²) < 4.78 is 16.9. The van der Waals surface area contributed by atoms with Gasteiger partial charge >= 0.3 is 0 Å². The van der Waals surface area contributed by atoms with Gasteiger partial charge in [-0.2, -0.15) is 0 Å². The minimum atomic E-state index is 0.602. The van der Waals surface area contributed by atoms with E-state index in [-0.39, 0.29) is 0 Å². The van der Waals surface area contributed by atoms with Crippen molar-refractivity contribution in [2.75, 3.05) is 32.7 Å². The number of nitrogens with one attached hydrogen (secondary N) is 1. The summed E-state index contributed by atoms with van der Waals surface area (Å²) >= 11 is 0. The molecule has 0 atom stereocenters. The maximum Gasteiger partial charge on any atom is 0.179 e. The Balaban J connectivity index is 1.96. The number of benzene rings is 1. The molecule has 0 aliphatic heterocycles. The van der Waals surface area contributed by atoms with Gasteiger partial charge in [0, 0.05) is 6.54 Å². The van der Waals surface area contributed by atoms with Crippen LogP contribution in [0.5, 0.6) is 17.2 Å². The van der Waals surface area contributed by atoms with Crippen molar-refractivity contribution in [1.82, 2.24) is 9.97 Å². The number of hydrogen-bond donors (Lipinski definition) is 1. The molecule has 0 saturated heterocycles. The van der Waals surface area contributed by atoms with E-state index in [4.69, 9.17) is 14.2 Å². The monoisotopic (exact) mass is 387 g/mol. The molecule has 1 heterocycles. The Bertz CT molecular complexity index is 725. The average Bonchev–Trinajstić information content (AvgIpc) is 2.71. The first-order valence-electron chi connectivity index (χ1n) is 10.1. The molecule has 0 aliphatic rings. The Morgan fingerprint density at radius 2 is 1.86 bits per heavy atom. The first-order chi connectivity index (χ1) is 13.6. The molecule has 0 unspecified atom stereocenters. The highest BCUT2D eigenvalue weighted by Crippen LogP contribution is 2.33. The molecule has 2 aromatic rings. The zero-order valence-electron chi connectivity index (χ0n) is 17.8. The number of rotatable bonds is 12. The first-order valence-corrected chi connectivity index (χ1v) is 10.1. The topological polar surface area (TPSA) is 65.5 Å². The Kier molecular flexibility index (Phi) is 8.85. The Morgan fingerprint density at radius 3 is 2.54 bits per heavy atom. The summed E-state index contributed by atoms with van der Waals surface area (Å²) in [5.41, 5.74) is 2.38. The Hall–Kier alpha value is -2.50. The lowest BCUT2D eigenvalue weighted by atomic mass is 10.0. The van der Waals surface area contributed by atoms with E-state index >= 15 is 0 Å². The van der Waals surface area contributed by atoms with E-state index in [1.54, 1.807) is 20.4 Å². The van der Waals surface area contributed by atoms with E-state index < -0.39 is 0 Å². The molecule has 0 bridgehead atoms. The summed E-state index contributed by atoms with van der Waals surface area (Å²) in [5, 5.41) is 3.35. The van der Waals surface area contributed by atoms with Crippen LogP contribution in [-0.2, 0) is 12.8 Å². The highest BCUT2D eigenvalue weighted by Gasteiger charge is 2.11. The van der Waals surface area contributed by atoms with Gasteiger partial charge in [0.25, 0.3) is 0 Å². The summed E-state index contributed by atoms with van der Waals surface area (Å²) in [7, 11) is 3.36. The van der Waals surface area contributed by atoms with Crippen LogP contribution in [0, 0.1) is 6.92 Å². The third-order valence-corrected chi connectivity index (χ3v) is 4.56. The van der Waals surface area contributed by atoms with Gasteiger partial charge in [0.1, 0.15) is 5.82 Å². The van der Waals surface area contributed by atoms with Crippen LogP contribution < -0.4 is 19.5 Å². The van der Waals surface area contributed by atoms with Crippen LogP contribution in [-0.4, -0.2) is 37.3 Å². The second-order valence-electron chi connectivity index (χ2n) is 6.71. The fraction of sp³-hybridized carbons (Fsp3) is 0.545. The molecule has 6 nitrogen and oxygen atoms in total. The van der Waals surface area contributed by atoms with Crippen LogP contribution in [0.25, 0.3) is 0 Å². The minimum absolute atomic E-state index is 0.602. The van der Waals surface area contributed by atoms with E-state index in [1.165, 1.54) is 5.56 Å². The number of anilines is 1. The Labute approximate surface area is 168 Å². The lowest BCUT2D eigenvalue weighted by Crippen LogP contribution is -2.09. The van der Waals surface area contributed by atoms with E-state index in [0.29, 0.717) is 12.4 Å². The number of unbranched alkanes of at least 4 members (excludes halogenated alkanes) is 1. The van der Waals surface area contributed by atoms with Crippen molar-refractivity contribution in [2.24, 2.45) is 0 Å². The number of nitrogens with zero attached hydrogens (tertiary/aromatic N) is 2. The second kappa shape index (κ2) is 11.4. The van der Waals surface area contributed by atoms with E-state index in [1.807, 2.05) is 13.0 Å². The minimum Gasteiger partial charge on any atom is -0.493 e. The van der Waals surface area contributed by atoms with Crippen molar-refractivity contribution in [3.63, 3.8) is 0 Å². The number of hydrogen-bond acceptors (Lipinski definition) is 6. The van der Waals surface area contributed by atoms with Crippen LogP contribution >= 0.6 is 0 Å². The van der Waals surface area contributed by atoms with E-state index in [0.717, 1.165) is 67.4 Å². The summed E-state index contributed by atoms with van der Waals surface area (Å²) in [4.78, 5) is 8.73. The van der Waals surface area contributed by atoms with Crippen molar-refractivity contribution in [2.45, 2.75) is 52.9 Å². The fourth-order valence-electron chi connectivity index (χ4n) is 3.05. The molecule has 0 aliphatic carbocycles. The number of methoxy groups -OCH3 is 2. The molecule has 2 rings (SSSR count). The Morgan fingerprint density at radius 1 is 1.04 bits per heavy atom. The maximum atomic E-state index is 5.96. The van der Waals surface area contributed by atoms with Gasteiger partial charge in [0.15, 0.2) is 23.1 Å². The van der Waals surface area contributed by atoms with Crippen LogP contribution in [0.3, 0.4) is 0 Å². The molecular formula is C22H33N3O3. The van der Waals surface area contributed by atoms with Crippen LogP contribution in [0.4, 0.5) is 5.82 Å². The number of aryl methyl sites for hydroxylation is 3. The molecule has 0 spiro atoms. The predicted molar refractivity (Wildman–Crippen MR) is 113 cm³/mol. The quantitative estimate of drug-likeness (QED) is 0.538. The average molecular weight is 388 g/mol. The van der Waals surface area contributed by atoms with Crippen molar-refractivity contribution < 1.29 is 14.2 Å². The van der Waals surface area contributed by atoms with Crippen LogP contribution in [0.1, 0.15) is 50.1 Å². The zero-order valence-corrected chi connectivity index (χ0v) is 17.8. The third-order valence-electron chi connectivity index (χ3n) is 4.56. The molecule has 0 radical (unpaired) electrons. The first kappa shape index (κ1) is 21.8. The van der Waals surface area contributed by atoms with Crippen molar-refractivity contribution in [3.05, 3.63) is 35.3 Å². The molecule has 1 aromatic heterocycles. The number of aromatic nitrogens is 2. The van der Waals surface area contributed by atoms with Crippen LogP contribution in [0.2, 0.25) is 0 Å². The van der Waals surface area contributed by atoms with E-state index in [9.17, 15) is 0 Å². The van der Waals surface area contributed by atoms with Gasteiger partial charge in [-0.3, -0.25) is 0 Å². The molecule has 0 saturated carbocycles. The third kappa shape index (κ3) is 6.01. The van der Waals surface area contributed by atoms with Crippen LogP contribution in [0.15, 0.2) is 18.3 Å². The summed E-state index contributed by atoms with van der Waals surface area (Å²) in [6.07, 6.45) is 6.68. The van der Waals surface area contributed by atoms with Gasteiger partial charge in [-0.1, -0.05) is 26.3 Å². The largest absolute Gasteiger partial charge is 0.493 e. The fourth-order valence-corrected chi connectivity index (χ4v) is 3.05. The standard InChI is InChI=1S/C22H33N3O3/c1-6-8-11-23-22-20(15-24-16(3)25-22)28-12-9-10-17-13-18(7-2)21(27-5)19(14-17)26-4/h13-15H,6-12H2,1-5H3,(H,23,24,25). The van der Waals surface area contributed by atoms with Crippen molar-refractivity contribution in [3.8, 4) is 17.2 Å². The molecule has 6 heteroatoms. The molecule has 28 heavy (non-hydrogen) atoms. The molecule has 154 valence electrons. The smallest absolute Gasteiger partial charge is 0.179 e. The van der Waals surface area contributed by atoms with Gasteiger partial charge in [0.05, 0.1) is 27.0 Å². The summed E-state index contributed by atoms with van der Waals surface area (Å²) in [6.45, 7) is 7.66. The van der Waals surface area contributed by atoms with Crippen molar-refractivity contribution in [1.29, 1.82) is 0 Å². The van der Waals surface area contributed by atoms with Gasteiger partial charge in [-0.05, 0) is 49.8 Å².